The van der Waals surface area contributed by atoms with Crippen molar-refractivity contribution < 1.29 is 14.3 Å². The van der Waals surface area contributed by atoms with Crippen molar-refractivity contribution in [2.75, 3.05) is 18.5 Å². The van der Waals surface area contributed by atoms with Gasteiger partial charge < -0.3 is 14.8 Å². The molecule has 0 radical (unpaired) electrons. The number of carbonyl (C=O) groups excluding carboxylic acids is 1. The molecule has 0 saturated heterocycles. The fourth-order valence-electron chi connectivity index (χ4n) is 2.67. The van der Waals surface area contributed by atoms with Crippen molar-refractivity contribution in [2.24, 2.45) is 0 Å². The monoisotopic (exact) mass is 371 g/mol. The van der Waals surface area contributed by atoms with E-state index in [2.05, 4.69) is 5.32 Å². The van der Waals surface area contributed by atoms with Crippen LogP contribution in [0.25, 0.3) is 11.1 Å². The zero-order chi connectivity index (χ0) is 17.2. The fraction of sp³-hybridized carbons (Fsp3) is 0.105. The summed E-state index contributed by atoms with van der Waals surface area (Å²) >= 11 is 7.67. The lowest BCUT2D eigenvalue weighted by Gasteiger charge is -2.20. The van der Waals surface area contributed by atoms with Gasteiger partial charge in [-0.3, -0.25) is 4.79 Å². The van der Waals surface area contributed by atoms with Gasteiger partial charge in [-0.25, -0.2) is 0 Å². The van der Waals surface area contributed by atoms with Gasteiger partial charge in [0, 0.05) is 17.7 Å². The highest BCUT2D eigenvalue weighted by atomic mass is 35.5. The number of nitrogens with one attached hydrogen (secondary N) is 1. The lowest BCUT2D eigenvalue weighted by atomic mass is 10.1. The maximum atomic E-state index is 12.8. The molecular weight excluding hydrogens is 358 g/mol. The van der Waals surface area contributed by atoms with Crippen molar-refractivity contribution in [3.05, 3.63) is 63.8 Å². The molecule has 1 N–H and O–H groups in total. The second-order valence-electron chi connectivity index (χ2n) is 5.46. The first-order valence-electron chi connectivity index (χ1n) is 7.76. The number of benzene rings is 2. The first-order valence-corrected chi connectivity index (χ1v) is 9.01. The average molecular weight is 372 g/mol. The Morgan fingerprint density at radius 1 is 1.04 bits per heavy atom. The van der Waals surface area contributed by atoms with E-state index in [9.17, 15) is 4.79 Å². The van der Waals surface area contributed by atoms with E-state index in [0.717, 1.165) is 11.1 Å². The van der Waals surface area contributed by atoms with Crippen LogP contribution in [0.5, 0.6) is 11.5 Å². The van der Waals surface area contributed by atoms with Crippen LogP contribution < -0.4 is 14.8 Å². The Labute approximate surface area is 154 Å². The molecule has 1 amide bonds. The van der Waals surface area contributed by atoms with Crippen LogP contribution in [0.2, 0.25) is 5.02 Å². The summed E-state index contributed by atoms with van der Waals surface area (Å²) in [6.07, 6.45) is 0. The molecule has 2 heterocycles. The highest BCUT2D eigenvalue weighted by Crippen LogP contribution is 2.38. The number of carbonyl (C=O) groups is 1. The number of fused-ring (bicyclic) bond motifs is 1. The van der Waals surface area contributed by atoms with E-state index < -0.39 is 0 Å². The Morgan fingerprint density at radius 2 is 1.76 bits per heavy atom. The third kappa shape index (κ3) is 3.21. The van der Waals surface area contributed by atoms with Crippen LogP contribution in [0.15, 0.2) is 53.9 Å². The largest absolute Gasteiger partial charge is 0.486 e. The number of anilines is 1. The quantitative estimate of drug-likeness (QED) is 0.697. The van der Waals surface area contributed by atoms with E-state index in [-0.39, 0.29) is 5.91 Å². The zero-order valence-electron chi connectivity index (χ0n) is 13.1. The second-order valence-corrected chi connectivity index (χ2v) is 6.78. The average Bonchev–Trinajstić information content (AvgIpc) is 3.13. The number of hydrogen-bond donors (Lipinski definition) is 1. The molecule has 0 spiro atoms. The molecule has 3 aromatic rings. The number of rotatable bonds is 3. The first-order chi connectivity index (χ1) is 12.2. The van der Waals surface area contributed by atoms with Gasteiger partial charge >= 0.3 is 0 Å². The fourth-order valence-corrected chi connectivity index (χ4v) is 3.68. The molecule has 126 valence electrons. The molecule has 0 fully saturated rings. The summed E-state index contributed by atoms with van der Waals surface area (Å²) in [4.78, 5) is 13.4. The lowest BCUT2D eigenvalue weighted by Crippen LogP contribution is -2.16. The van der Waals surface area contributed by atoms with Gasteiger partial charge in [0.05, 0.1) is 15.6 Å². The molecule has 4 rings (SSSR count). The van der Waals surface area contributed by atoms with Crippen molar-refractivity contribution in [3.63, 3.8) is 0 Å². The summed E-state index contributed by atoms with van der Waals surface area (Å²) < 4.78 is 11.0. The summed E-state index contributed by atoms with van der Waals surface area (Å²) in [5.74, 6) is 0.975. The molecule has 0 atom stereocenters. The predicted molar refractivity (Wildman–Crippen MR) is 100 cm³/mol. The molecule has 0 saturated carbocycles. The summed E-state index contributed by atoms with van der Waals surface area (Å²) in [5, 5.41) is 5.19. The molecule has 1 aromatic heterocycles. The van der Waals surface area contributed by atoms with Crippen LogP contribution in [0.1, 0.15) is 9.67 Å². The van der Waals surface area contributed by atoms with Crippen LogP contribution in [0, 0.1) is 0 Å². The molecular formula is C19H14ClNO3S. The van der Waals surface area contributed by atoms with Crippen LogP contribution in [-0.4, -0.2) is 19.1 Å². The summed E-state index contributed by atoms with van der Waals surface area (Å²) in [7, 11) is 0. The predicted octanol–water partition coefficient (Wildman–Crippen LogP) is 5.09. The van der Waals surface area contributed by atoms with E-state index in [1.165, 1.54) is 11.3 Å². The molecule has 2 aromatic carbocycles. The number of thiophene rings is 1. The normalized spacial score (nSPS) is 12.7. The van der Waals surface area contributed by atoms with Crippen LogP contribution in [0.3, 0.4) is 0 Å². The number of ether oxygens (including phenoxy) is 2. The minimum absolute atomic E-state index is 0.201. The summed E-state index contributed by atoms with van der Waals surface area (Å²) in [6, 6.07) is 15.1. The van der Waals surface area contributed by atoms with Gasteiger partial charge in [0.2, 0.25) is 0 Å². The second kappa shape index (κ2) is 6.78. The van der Waals surface area contributed by atoms with E-state index >= 15 is 0 Å². The summed E-state index contributed by atoms with van der Waals surface area (Å²) in [5.41, 5.74) is 2.40. The molecule has 0 bridgehead atoms. The Bertz CT molecular complexity index is 924. The van der Waals surface area contributed by atoms with Crippen molar-refractivity contribution >= 4 is 34.5 Å². The standard InChI is InChI=1S/C19H14ClNO3S/c20-14-10-16-17(24-8-7-23-16)11-15(14)21-19(22)18-13(6-9-25-18)12-4-2-1-3-5-12/h1-6,9-11H,7-8H2,(H,21,22). The topological polar surface area (TPSA) is 47.6 Å². The highest BCUT2D eigenvalue weighted by molar-refractivity contribution is 7.12. The molecule has 25 heavy (non-hydrogen) atoms. The molecule has 6 heteroatoms. The Hall–Kier alpha value is -2.50. The molecule has 1 aliphatic rings. The van der Waals surface area contributed by atoms with Crippen molar-refractivity contribution in [1.82, 2.24) is 0 Å². The third-order valence-electron chi connectivity index (χ3n) is 3.84. The maximum absolute atomic E-state index is 12.8. The van der Waals surface area contributed by atoms with Gasteiger partial charge in [0.15, 0.2) is 11.5 Å². The van der Waals surface area contributed by atoms with Crippen molar-refractivity contribution in [3.8, 4) is 22.6 Å². The van der Waals surface area contributed by atoms with E-state index in [1.54, 1.807) is 12.1 Å². The van der Waals surface area contributed by atoms with Crippen molar-refractivity contribution in [2.45, 2.75) is 0 Å². The Kier molecular flexibility index (Phi) is 4.34. The smallest absolute Gasteiger partial charge is 0.266 e. The SMILES string of the molecule is O=C(Nc1cc2c(cc1Cl)OCCO2)c1sccc1-c1ccccc1. The number of amides is 1. The van der Waals surface area contributed by atoms with Gasteiger partial charge in [-0.15, -0.1) is 11.3 Å². The van der Waals surface area contributed by atoms with Crippen LogP contribution >= 0.6 is 22.9 Å². The minimum Gasteiger partial charge on any atom is -0.486 e. The van der Waals surface area contributed by atoms with Gasteiger partial charge in [0.25, 0.3) is 5.91 Å². The minimum atomic E-state index is -0.201. The zero-order valence-corrected chi connectivity index (χ0v) is 14.7. The Morgan fingerprint density at radius 3 is 2.52 bits per heavy atom. The molecule has 1 aliphatic heterocycles. The highest BCUT2D eigenvalue weighted by Gasteiger charge is 2.19. The van der Waals surface area contributed by atoms with Gasteiger partial charge in [-0.1, -0.05) is 41.9 Å². The van der Waals surface area contributed by atoms with E-state index in [0.29, 0.717) is 40.3 Å². The molecule has 4 nitrogen and oxygen atoms in total. The summed E-state index contributed by atoms with van der Waals surface area (Å²) in [6.45, 7) is 0.968. The number of halogens is 1. The molecule has 0 aliphatic carbocycles. The van der Waals surface area contributed by atoms with E-state index in [4.69, 9.17) is 21.1 Å². The van der Waals surface area contributed by atoms with Crippen LogP contribution in [-0.2, 0) is 0 Å². The van der Waals surface area contributed by atoms with Gasteiger partial charge in [0.1, 0.15) is 13.2 Å². The third-order valence-corrected chi connectivity index (χ3v) is 5.06. The first kappa shape index (κ1) is 16.0. The van der Waals surface area contributed by atoms with Crippen molar-refractivity contribution in [1.29, 1.82) is 0 Å². The number of hydrogen-bond acceptors (Lipinski definition) is 4. The lowest BCUT2D eigenvalue weighted by molar-refractivity contribution is 0.103. The van der Waals surface area contributed by atoms with Crippen LogP contribution in [0.4, 0.5) is 5.69 Å². The van der Waals surface area contributed by atoms with Gasteiger partial charge in [-0.2, -0.15) is 0 Å². The van der Waals surface area contributed by atoms with E-state index in [1.807, 2.05) is 41.8 Å². The Balaban J connectivity index is 1.63. The maximum Gasteiger partial charge on any atom is 0.266 e. The molecule has 0 unspecified atom stereocenters. The van der Waals surface area contributed by atoms with Gasteiger partial charge in [-0.05, 0) is 17.0 Å².